The van der Waals surface area contributed by atoms with Crippen LogP contribution in [-0.4, -0.2) is 48.5 Å². The highest BCUT2D eigenvalue weighted by atomic mass is 79.9. The van der Waals surface area contributed by atoms with Gasteiger partial charge < -0.3 is 10.0 Å². The van der Waals surface area contributed by atoms with Gasteiger partial charge in [0.2, 0.25) is 0 Å². The molecule has 1 N–H and O–H groups in total. The van der Waals surface area contributed by atoms with Crippen molar-refractivity contribution in [3.63, 3.8) is 0 Å². The molecule has 8 nitrogen and oxygen atoms in total. The Bertz CT molecular complexity index is 721. The highest BCUT2D eigenvalue weighted by Crippen LogP contribution is 2.18. The number of aromatic carboxylic acids is 1. The molecule has 2 aromatic rings. The van der Waals surface area contributed by atoms with Crippen molar-refractivity contribution < 1.29 is 14.7 Å². The van der Waals surface area contributed by atoms with Gasteiger partial charge in [-0.3, -0.25) is 14.2 Å². The zero-order valence-corrected chi connectivity index (χ0v) is 14.0. The van der Waals surface area contributed by atoms with Crippen LogP contribution >= 0.6 is 15.9 Å². The van der Waals surface area contributed by atoms with Crippen LogP contribution < -0.4 is 0 Å². The average molecular weight is 370 g/mol. The minimum atomic E-state index is -1.18. The number of carbonyl (C=O) groups is 2. The molecule has 2 heterocycles. The van der Waals surface area contributed by atoms with Crippen LogP contribution in [-0.2, 0) is 20.1 Å². The molecule has 0 unspecified atom stereocenters. The Hall–Kier alpha value is -2.16. The Balaban J connectivity index is 2.24. The number of aryl methyl sites for hydroxylation is 2. The number of amides is 1. The molecule has 0 saturated heterocycles. The zero-order valence-electron chi connectivity index (χ0n) is 12.4. The summed E-state index contributed by atoms with van der Waals surface area (Å²) in [4.78, 5) is 25.1. The molecule has 0 spiro atoms. The van der Waals surface area contributed by atoms with E-state index in [4.69, 9.17) is 5.11 Å². The van der Waals surface area contributed by atoms with Gasteiger partial charge in [0.25, 0.3) is 5.91 Å². The van der Waals surface area contributed by atoms with Crippen LogP contribution in [0.25, 0.3) is 0 Å². The lowest BCUT2D eigenvalue weighted by Gasteiger charge is -2.16. The lowest BCUT2D eigenvalue weighted by Crippen LogP contribution is -2.29. The van der Waals surface area contributed by atoms with Gasteiger partial charge in [0, 0.05) is 26.8 Å². The monoisotopic (exact) mass is 369 g/mol. The predicted octanol–water partition coefficient (Wildman–Crippen LogP) is 1.37. The molecular formula is C13H16BrN5O3. The second-order valence-electron chi connectivity index (χ2n) is 4.78. The third-order valence-electron chi connectivity index (χ3n) is 3.22. The summed E-state index contributed by atoms with van der Waals surface area (Å²) in [5.41, 5.74) is 0.635. The summed E-state index contributed by atoms with van der Waals surface area (Å²) in [6, 6.07) is 0. The molecule has 0 atom stereocenters. The van der Waals surface area contributed by atoms with Crippen molar-refractivity contribution in [1.82, 2.24) is 24.5 Å². The first kappa shape index (κ1) is 16.2. The van der Waals surface area contributed by atoms with Gasteiger partial charge in [-0.15, -0.1) is 0 Å². The predicted molar refractivity (Wildman–Crippen MR) is 81.6 cm³/mol. The van der Waals surface area contributed by atoms with Gasteiger partial charge in [0.1, 0.15) is 11.3 Å². The van der Waals surface area contributed by atoms with Crippen molar-refractivity contribution in [2.24, 2.45) is 7.05 Å². The van der Waals surface area contributed by atoms with E-state index in [2.05, 4.69) is 26.1 Å². The van der Waals surface area contributed by atoms with E-state index in [1.165, 1.54) is 22.8 Å². The Labute approximate surface area is 135 Å². The summed E-state index contributed by atoms with van der Waals surface area (Å²) in [6.45, 7) is 2.95. The molecule has 0 radical (unpaired) electrons. The minimum Gasteiger partial charge on any atom is -0.478 e. The van der Waals surface area contributed by atoms with Crippen molar-refractivity contribution in [3.05, 3.63) is 33.8 Å². The van der Waals surface area contributed by atoms with Gasteiger partial charge in [-0.05, 0) is 22.9 Å². The van der Waals surface area contributed by atoms with Crippen molar-refractivity contribution in [2.75, 3.05) is 7.05 Å². The van der Waals surface area contributed by atoms with Crippen molar-refractivity contribution >= 4 is 27.8 Å². The number of halogens is 1. The van der Waals surface area contributed by atoms with Crippen LogP contribution in [0, 0.1) is 0 Å². The van der Waals surface area contributed by atoms with E-state index in [9.17, 15) is 9.59 Å². The third kappa shape index (κ3) is 3.03. The molecule has 0 fully saturated rings. The highest BCUT2D eigenvalue weighted by molar-refractivity contribution is 9.10. The first-order valence-electron chi connectivity index (χ1n) is 6.57. The van der Waals surface area contributed by atoms with Gasteiger partial charge in [0.15, 0.2) is 0 Å². The number of hydrogen-bond donors (Lipinski definition) is 1. The summed E-state index contributed by atoms with van der Waals surface area (Å²) in [7, 11) is 3.13. The Kier molecular flexibility index (Phi) is 4.65. The highest BCUT2D eigenvalue weighted by Gasteiger charge is 2.25. The first-order valence-corrected chi connectivity index (χ1v) is 7.37. The minimum absolute atomic E-state index is 0.0426. The van der Waals surface area contributed by atoms with Crippen LogP contribution in [0.5, 0.6) is 0 Å². The number of nitrogens with zero attached hydrogens (tertiary/aromatic N) is 5. The molecule has 2 rings (SSSR count). The fourth-order valence-corrected chi connectivity index (χ4v) is 2.47. The number of rotatable bonds is 5. The summed E-state index contributed by atoms with van der Waals surface area (Å²) in [5, 5.41) is 17.3. The van der Waals surface area contributed by atoms with E-state index in [1.807, 2.05) is 13.1 Å². The van der Waals surface area contributed by atoms with Crippen molar-refractivity contribution in [1.29, 1.82) is 0 Å². The number of aromatic nitrogens is 4. The fourth-order valence-electron chi connectivity index (χ4n) is 2.03. The Morgan fingerprint density at radius 1 is 1.45 bits per heavy atom. The summed E-state index contributed by atoms with van der Waals surface area (Å²) < 4.78 is 3.82. The topological polar surface area (TPSA) is 93.3 Å². The van der Waals surface area contributed by atoms with Crippen molar-refractivity contribution in [2.45, 2.75) is 20.0 Å². The van der Waals surface area contributed by atoms with E-state index in [0.29, 0.717) is 5.69 Å². The van der Waals surface area contributed by atoms with Crippen LogP contribution in [0.4, 0.5) is 0 Å². The van der Waals surface area contributed by atoms with E-state index in [-0.39, 0.29) is 17.8 Å². The maximum Gasteiger partial charge on any atom is 0.339 e. The van der Waals surface area contributed by atoms with Crippen molar-refractivity contribution in [3.8, 4) is 0 Å². The van der Waals surface area contributed by atoms with Crippen LogP contribution in [0.1, 0.15) is 33.5 Å². The van der Waals surface area contributed by atoms with Gasteiger partial charge in [-0.2, -0.15) is 10.2 Å². The number of hydrogen-bond acceptors (Lipinski definition) is 4. The van der Waals surface area contributed by atoms with Crippen LogP contribution in [0.2, 0.25) is 0 Å². The van der Waals surface area contributed by atoms with E-state index in [0.717, 1.165) is 11.0 Å². The standard InChI is InChI=1S/C13H16BrN5O3/c1-4-19-6-9(14)10(16-19)7-17(2)12(20)11-8(13(21)22)5-15-18(11)3/h5-6H,4,7H2,1-3H3,(H,21,22). The second-order valence-corrected chi connectivity index (χ2v) is 5.63. The molecular weight excluding hydrogens is 354 g/mol. The number of carbonyl (C=O) groups excluding carboxylic acids is 1. The maximum atomic E-state index is 12.5. The number of carboxylic acids is 1. The summed E-state index contributed by atoms with van der Waals surface area (Å²) in [5.74, 6) is -1.60. The van der Waals surface area contributed by atoms with E-state index in [1.54, 1.807) is 11.7 Å². The quantitative estimate of drug-likeness (QED) is 0.858. The number of carboxylic acid groups (broad SMARTS) is 1. The molecule has 22 heavy (non-hydrogen) atoms. The lowest BCUT2D eigenvalue weighted by atomic mass is 10.2. The normalized spacial score (nSPS) is 10.7. The summed E-state index contributed by atoms with van der Waals surface area (Å²) >= 11 is 3.40. The second kappa shape index (κ2) is 6.30. The van der Waals surface area contributed by atoms with Gasteiger partial charge >= 0.3 is 5.97 Å². The SMILES string of the molecule is CCn1cc(Br)c(CN(C)C(=O)c2c(C(=O)O)cnn2C)n1. The summed E-state index contributed by atoms with van der Waals surface area (Å²) in [6.07, 6.45) is 3.01. The maximum absolute atomic E-state index is 12.5. The third-order valence-corrected chi connectivity index (χ3v) is 3.88. The molecule has 0 aromatic carbocycles. The average Bonchev–Trinajstić information content (AvgIpc) is 3.01. The molecule has 0 aliphatic heterocycles. The zero-order chi connectivity index (χ0) is 16.4. The molecule has 0 aliphatic rings. The van der Waals surface area contributed by atoms with Gasteiger partial charge in [-0.25, -0.2) is 4.79 Å². The largest absolute Gasteiger partial charge is 0.478 e. The smallest absolute Gasteiger partial charge is 0.339 e. The Morgan fingerprint density at radius 3 is 2.68 bits per heavy atom. The molecule has 0 aliphatic carbocycles. The first-order chi connectivity index (χ1) is 10.3. The molecule has 118 valence electrons. The van der Waals surface area contributed by atoms with Crippen LogP contribution in [0.15, 0.2) is 16.9 Å². The van der Waals surface area contributed by atoms with E-state index >= 15 is 0 Å². The lowest BCUT2D eigenvalue weighted by molar-refractivity contribution is 0.0678. The molecule has 9 heteroatoms. The van der Waals surface area contributed by atoms with Gasteiger partial charge in [-0.1, -0.05) is 0 Å². The molecule has 1 amide bonds. The fraction of sp³-hybridized carbons (Fsp3) is 0.385. The Morgan fingerprint density at radius 2 is 2.14 bits per heavy atom. The molecule has 0 saturated carbocycles. The molecule has 2 aromatic heterocycles. The van der Waals surface area contributed by atoms with Gasteiger partial charge in [0.05, 0.1) is 22.9 Å². The molecule has 0 bridgehead atoms. The van der Waals surface area contributed by atoms with Crippen LogP contribution in [0.3, 0.4) is 0 Å². The van der Waals surface area contributed by atoms with E-state index < -0.39 is 11.9 Å².